The van der Waals surface area contributed by atoms with Gasteiger partial charge in [0.2, 0.25) is 0 Å². The van der Waals surface area contributed by atoms with Crippen LogP contribution in [-0.2, 0) is 12.8 Å². The van der Waals surface area contributed by atoms with E-state index in [0.29, 0.717) is 6.04 Å². The monoisotopic (exact) mass is 356 g/mol. The zero-order chi connectivity index (χ0) is 18.2. The summed E-state index contributed by atoms with van der Waals surface area (Å²) >= 11 is 0. The first kappa shape index (κ1) is 16.3. The highest BCUT2D eigenvalue weighted by atomic mass is 15.0. The van der Waals surface area contributed by atoms with Gasteiger partial charge in [0.25, 0.3) is 0 Å². The van der Waals surface area contributed by atoms with Crippen LogP contribution < -0.4 is 10.6 Å². The van der Waals surface area contributed by atoms with Crippen LogP contribution in [0.1, 0.15) is 41.4 Å². The summed E-state index contributed by atoms with van der Waals surface area (Å²) in [4.78, 5) is 9.35. The molecule has 136 valence electrons. The van der Waals surface area contributed by atoms with E-state index in [9.17, 15) is 0 Å². The smallest absolute Gasteiger partial charge is 0.130 e. The molecule has 2 aromatic carbocycles. The Labute approximate surface area is 160 Å². The van der Waals surface area contributed by atoms with Gasteiger partial charge in [0.15, 0.2) is 0 Å². The van der Waals surface area contributed by atoms with Crippen molar-refractivity contribution in [2.75, 3.05) is 17.2 Å². The van der Waals surface area contributed by atoms with E-state index in [-0.39, 0.29) is 0 Å². The highest BCUT2D eigenvalue weighted by Crippen LogP contribution is 2.33. The van der Waals surface area contributed by atoms with E-state index in [0.717, 1.165) is 42.3 Å². The van der Waals surface area contributed by atoms with Gasteiger partial charge in [-0.1, -0.05) is 36.4 Å². The van der Waals surface area contributed by atoms with Crippen molar-refractivity contribution in [2.45, 2.75) is 38.6 Å². The normalized spacial score (nSPS) is 17.7. The van der Waals surface area contributed by atoms with Crippen LogP contribution in [0.3, 0.4) is 0 Å². The zero-order valence-corrected chi connectivity index (χ0v) is 15.6. The molecule has 0 radical (unpaired) electrons. The number of aromatic nitrogens is 2. The summed E-state index contributed by atoms with van der Waals surface area (Å²) in [6.45, 7) is 2.99. The molecule has 4 heteroatoms. The summed E-state index contributed by atoms with van der Waals surface area (Å²) in [5.41, 5.74) is 7.60. The van der Waals surface area contributed by atoms with Gasteiger partial charge in [0.1, 0.15) is 11.6 Å². The lowest BCUT2D eigenvalue weighted by atomic mass is 9.88. The Kier molecular flexibility index (Phi) is 4.04. The standard InChI is InChI=1S/C23H24N4/c1-15-25-22(18-10-9-17-11-12-24-21(17)13-18)14-23(26-15)27-20-8-4-6-16-5-2-3-7-19(16)20/h2-3,5,7,9-10,13-14,20,24H,4,6,8,11-12H2,1H3,(H,25,26,27)/t20-/m1/s1. The van der Waals surface area contributed by atoms with Crippen molar-refractivity contribution in [1.82, 2.24) is 9.97 Å². The van der Waals surface area contributed by atoms with Crippen molar-refractivity contribution in [3.8, 4) is 11.3 Å². The van der Waals surface area contributed by atoms with Gasteiger partial charge in [-0.25, -0.2) is 9.97 Å². The van der Waals surface area contributed by atoms with Crippen molar-refractivity contribution in [3.63, 3.8) is 0 Å². The minimum atomic E-state index is 0.318. The van der Waals surface area contributed by atoms with Gasteiger partial charge in [-0.05, 0) is 55.4 Å². The summed E-state index contributed by atoms with van der Waals surface area (Å²) < 4.78 is 0. The fourth-order valence-corrected chi connectivity index (χ4v) is 4.32. The van der Waals surface area contributed by atoms with Crippen molar-refractivity contribution in [3.05, 3.63) is 71.0 Å². The first-order valence-electron chi connectivity index (χ1n) is 9.83. The van der Waals surface area contributed by atoms with Crippen LogP contribution >= 0.6 is 0 Å². The average molecular weight is 356 g/mol. The Morgan fingerprint density at radius 1 is 1.00 bits per heavy atom. The third-order valence-corrected chi connectivity index (χ3v) is 5.64. The summed E-state index contributed by atoms with van der Waals surface area (Å²) in [6.07, 6.45) is 4.62. The van der Waals surface area contributed by atoms with Crippen molar-refractivity contribution in [2.24, 2.45) is 0 Å². The van der Waals surface area contributed by atoms with E-state index in [2.05, 4.69) is 69.1 Å². The molecule has 0 bridgehead atoms. The Bertz CT molecular complexity index is 995. The van der Waals surface area contributed by atoms with Gasteiger partial charge in [-0.15, -0.1) is 0 Å². The van der Waals surface area contributed by atoms with E-state index in [1.165, 1.54) is 35.2 Å². The summed E-state index contributed by atoms with van der Waals surface area (Å²) in [6, 6.07) is 17.8. The largest absolute Gasteiger partial charge is 0.384 e. The third-order valence-electron chi connectivity index (χ3n) is 5.64. The van der Waals surface area contributed by atoms with E-state index in [1.54, 1.807) is 0 Å². The molecule has 2 aliphatic rings. The number of hydrogen-bond acceptors (Lipinski definition) is 4. The second kappa shape index (κ2) is 6.69. The Morgan fingerprint density at radius 2 is 1.93 bits per heavy atom. The molecule has 0 fully saturated rings. The molecule has 0 saturated carbocycles. The molecule has 2 heterocycles. The number of nitrogens with one attached hydrogen (secondary N) is 2. The summed E-state index contributed by atoms with van der Waals surface area (Å²) in [5.74, 6) is 1.71. The van der Waals surface area contributed by atoms with Crippen molar-refractivity contribution >= 4 is 11.5 Å². The predicted molar refractivity (Wildman–Crippen MR) is 110 cm³/mol. The number of fused-ring (bicyclic) bond motifs is 2. The number of hydrogen-bond donors (Lipinski definition) is 2. The van der Waals surface area contributed by atoms with Crippen LogP contribution in [0.5, 0.6) is 0 Å². The molecule has 0 unspecified atom stereocenters. The van der Waals surface area contributed by atoms with Gasteiger partial charge >= 0.3 is 0 Å². The van der Waals surface area contributed by atoms with Crippen LogP contribution in [0.15, 0.2) is 48.5 Å². The number of rotatable bonds is 3. The van der Waals surface area contributed by atoms with Crippen LogP contribution in [0.4, 0.5) is 11.5 Å². The highest BCUT2D eigenvalue weighted by molar-refractivity contribution is 5.70. The highest BCUT2D eigenvalue weighted by Gasteiger charge is 2.20. The molecule has 0 saturated heterocycles. The van der Waals surface area contributed by atoms with E-state index < -0.39 is 0 Å². The number of nitrogens with zero attached hydrogens (tertiary/aromatic N) is 2. The molecular formula is C23H24N4. The molecule has 5 rings (SSSR count). The fraction of sp³-hybridized carbons (Fsp3) is 0.304. The molecule has 3 aromatic rings. The lowest BCUT2D eigenvalue weighted by Crippen LogP contribution is -2.18. The molecule has 1 aliphatic carbocycles. The maximum atomic E-state index is 4.69. The minimum absolute atomic E-state index is 0.318. The summed E-state index contributed by atoms with van der Waals surface area (Å²) in [7, 11) is 0. The molecule has 0 spiro atoms. The van der Waals surface area contributed by atoms with Gasteiger partial charge in [0, 0.05) is 23.9 Å². The van der Waals surface area contributed by atoms with Crippen LogP contribution in [0.2, 0.25) is 0 Å². The van der Waals surface area contributed by atoms with Gasteiger partial charge < -0.3 is 10.6 Å². The lowest BCUT2D eigenvalue weighted by molar-refractivity contribution is 0.598. The van der Waals surface area contributed by atoms with E-state index >= 15 is 0 Å². The average Bonchev–Trinajstić information content (AvgIpc) is 3.16. The number of anilines is 2. The molecule has 4 nitrogen and oxygen atoms in total. The number of aryl methyl sites for hydroxylation is 2. The second-order valence-corrected chi connectivity index (χ2v) is 7.52. The van der Waals surface area contributed by atoms with E-state index in [1.807, 2.05) is 6.92 Å². The molecule has 1 atom stereocenters. The Balaban J connectivity index is 1.46. The first-order valence-corrected chi connectivity index (χ1v) is 9.83. The Morgan fingerprint density at radius 3 is 2.89 bits per heavy atom. The van der Waals surface area contributed by atoms with Crippen LogP contribution in [-0.4, -0.2) is 16.5 Å². The SMILES string of the molecule is Cc1nc(N[C@@H]2CCCc3ccccc32)cc(-c2ccc3c(c2)NCC3)n1. The van der Waals surface area contributed by atoms with Gasteiger partial charge in [-0.3, -0.25) is 0 Å². The molecule has 27 heavy (non-hydrogen) atoms. The number of benzene rings is 2. The maximum absolute atomic E-state index is 4.69. The minimum Gasteiger partial charge on any atom is -0.384 e. The molecule has 1 aromatic heterocycles. The molecule has 1 aliphatic heterocycles. The lowest BCUT2D eigenvalue weighted by Gasteiger charge is -2.27. The molecule has 0 amide bonds. The van der Waals surface area contributed by atoms with Crippen molar-refractivity contribution in [1.29, 1.82) is 0 Å². The van der Waals surface area contributed by atoms with E-state index in [4.69, 9.17) is 0 Å². The fourth-order valence-electron chi connectivity index (χ4n) is 4.32. The van der Waals surface area contributed by atoms with Crippen molar-refractivity contribution < 1.29 is 0 Å². The third kappa shape index (κ3) is 3.16. The van der Waals surface area contributed by atoms with Gasteiger partial charge in [-0.2, -0.15) is 0 Å². The quantitative estimate of drug-likeness (QED) is 0.700. The van der Waals surface area contributed by atoms with Gasteiger partial charge in [0.05, 0.1) is 11.7 Å². The zero-order valence-electron chi connectivity index (χ0n) is 15.6. The first-order chi connectivity index (χ1) is 13.3. The molecule has 2 N–H and O–H groups in total. The summed E-state index contributed by atoms with van der Waals surface area (Å²) in [5, 5.41) is 7.13. The van der Waals surface area contributed by atoms with Crippen LogP contribution in [0.25, 0.3) is 11.3 Å². The molecular weight excluding hydrogens is 332 g/mol. The second-order valence-electron chi connectivity index (χ2n) is 7.52. The van der Waals surface area contributed by atoms with Crippen LogP contribution in [0, 0.1) is 6.92 Å². The topological polar surface area (TPSA) is 49.8 Å². The maximum Gasteiger partial charge on any atom is 0.130 e. The predicted octanol–water partition coefficient (Wildman–Crippen LogP) is 4.91. The Hall–Kier alpha value is -2.88.